The predicted molar refractivity (Wildman–Crippen MR) is 194 cm³/mol. The van der Waals surface area contributed by atoms with Gasteiger partial charge in [0.2, 0.25) is 41.4 Å². The number of nitrogens with two attached hydrogens (primary N) is 4. The largest absolute Gasteiger partial charge is 0.469 e. The summed E-state index contributed by atoms with van der Waals surface area (Å²) < 4.78 is 16.2. The Balaban J connectivity index is 2.25. The van der Waals surface area contributed by atoms with Crippen LogP contribution in [0.5, 0.6) is 0 Å². The van der Waals surface area contributed by atoms with Crippen molar-refractivity contribution in [2.24, 2.45) is 33.8 Å². The minimum absolute atomic E-state index is 0.0193. The highest BCUT2D eigenvalue weighted by Gasteiger charge is 2.42. The standard InChI is InChI=1S/C31H56N11O12P/c1-16(2)13-19(29(49)41-11-5-8-21(41)27(47)37-14-23(33)44)38-26(46)20(15-54-55(51,52)53)39-28(48)22-9-6-12-42(22)30(50)24(17(3)43)40-25(45)18(32)7-4-10-36-31(34)35/h16-22,24,43H,4-15,32H2,1-3H3,(H2,33,44)(H,37,47)(H,38,46)(H,39,48)(H,40,45)(H4,34,35,36)(H2,51,52,53)/t17-,18+,19+,20+,21+,22+,24+/m1/s1. The van der Waals surface area contributed by atoms with Crippen LogP contribution in [-0.2, 0) is 42.7 Å². The first-order chi connectivity index (χ1) is 25.6. The number of carbonyl (C=O) groups excluding carboxylic acids is 7. The lowest BCUT2D eigenvalue weighted by Crippen LogP contribution is -2.61. The van der Waals surface area contributed by atoms with E-state index in [0.717, 1.165) is 4.90 Å². The Morgan fingerprint density at radius 1 is 0.855 bits per heavy atom. The number of phosphoric ester groups is 1. The highest BCUT2D eigenvalue weighted by molar-refractivity contribution is 7.46. The number of primary amides is 1. The molecule has 55 heavy (non-hydrogen) atoms. The fraction of sp³-hybridized carbons (Fsp3) is 0.742. The number of nitrogens with one attached hydrogen (secondary N) is 4. The van der Waals surface area contributed by atoms with E-state index >= 15 is 0 Å². The summed E-state index contributed by atoms with van der Waals surface area (Å²) in [6.07, 6.45) is 0.233. The van der Waals surface area contributed by atoms with Crippen molar-refractivity contribution >= 4 is 55.1 Å². The van der Waals surface area contributed by atoms with Gasteiger partial charge in [-0.3, -0.25) is 43.1 Å². The summed E-state index contributed by atoms with van der Waals surface area (Å²) in [5.74, 6) is -5.94. The SMILES string of the molecule is CC(C)C[C@H](NC(=O)[C@H](COP(=O)(O)O)NC(=O)[C@@H]1CCCN1C(=O)[C@@H](NC(=O)[C@@H](N)CCCN=C(N)N)[C@@H](C)O)C(=O)N1CCC[C@H]1C(=O)NCC(N)=O. The molecular formula is C31H56N11O12P. The number of rotatable bonds is 21. The van der Waals surface area contributed by atoms with Gasteiger partial charge in [0.15, 0.2) is 5.96 Å². The topological polar surface area (TPSA) is 378 Å². The molecule has 2 saturated heterocycles. The molecule has 0 aromatic heterocycles. The van der Waals surface area contributed by atoms with Gasteiger partial charge >= 0.3 is 7.82 Å². The molecule has 0 aliphatic carbocycles. The van der Waals surface area contributed by atoms with Crippen LogP contribution in [0.4, 0.5) is 0 Å². The second kappa shape index (κ2) is 21.6. The van der Waals surface area contributed by atoms with Crippen LogP contribution in [0.1, 0.15) is 65.7 Å². The van der Waals surface area contributed by atoms with E-state index in [1.807, 2.05) is 0 Å². The summed E-state index contributed by atoms with van der Waals surface area (Å²) in [5.41, 5.74) is 21.6. The zero-order valence-electron chi connectivity index (χ0n) is 31.2. The zero-order valence-corrected chi connectivity index (χ0v) is 32.1. The number of aliphatic hydroxyl groups excluding tert-OH is 1. The van der Waals surface area contributed by atoms with Crippen molar-refractivity contribution in [3.8, 4) is 0 Å². The normalized spacial score (nSPS) is 19.8. The Morgan fingerprint density at radius 3 is 1.96 bits per heavy atom. The molecule has 24 heteroatoms. The van der Waals surface area contributed by atoms with E-state index in [9.17, 15) is 53.0 Å². The van der Waals surface area contributed by atoms with Gasteiger partial charge < -0.3 is 68.9 Å². The number of likely N-dealkylation sites (tertiary alicyclic amines) is 2. The van der Waals surface area contributed by atoms with Crippen LogP contribution in [0.2, 0.25) is 0 Å². The number of aliphatic hydroxyl groups is 1. The van der Waals surface area contributed by atoms with Gasteiger partial charge in [-0.2, -0.15) is 0 Å². The first kappa shape index (κ1) is 46.7. The minimum Gasteiger partial charge on any atom is -0.391 e. The lowest BCUT2D eigenvalue weighted by molar-refractivity contribution is -0.145. The third kappa shape index (κ3) is 15.3. The Labute approximate surface area is 318 Å². The van der Waals surface area contributed by atoms with Gasteiger partial charge in [0.05, 0.1) is 25.3 Å². The maximum absolute atomic E-state index is 13.8. The molecule has 2 aliphatic rings. The molecule has 0 aromatic carbocycles. The average molecular weight is 806 g/mol. The molecule has 0 bridgehead atoms. The molecular weight excluding hydrogens is 749 g/mol. The molecule has 2 heterocycles. The van der Waals surface area contributed by atoms with Crippen molar-refractivity contribution in [1.82, 2.24) is 31.1 Å². The van der Waals surface area contributed by atoms with Crippen LogP contribution in [0, 0.1) is 5.92 Å². The first-order valence-corrected chi connectivity index (χ1v) is 19.4. The zero-order chi connectivity index (χ0) is 41.6. The van der Waals surface area contributed by atoms with Crippen molar-refractivity contribution in [1.29, 1.82) is 0 Å². The lowest BCUT2D eigenvalue weighted by Gasteiger charge is -2.32. The summed E-state index contributed by atoms with van der Waals surface area (Å²) in [6.45, 7) is 3.68. The molecule has 2 rings (SSSR count). The van der Waals surface area contributed by atoms with Gasteiger partial charge in [-0.05, 0) is 57.8 Å². The molecule has 2 fully saturated rings. The van der Waals surface area contributed by atoms with Crippen molar-refractivity contribution in [2.45, 2.75) is 108 Å². The third-order valence-electron chi connectivity index (χ3n) is 8.83. The highest BCUT2D eigenvalue weighted by atomic mass is 31.2. The summed E-state index contributed by atoms with van der Waals surface area (Å²) in [5, 5.41) is 20.1. The molecule has 7 amide bonds. The lowest BCUT2D eigenvalue weighted by atomic mass is 10.0. The van der Waals surface area contributed by atoms with E-state index in [4.69, 9.17) is 22.9 Å². The van der Waals surface area contributed by atoms with Crippen LogP contribution >= 0.6 is 7.82 Å². The maximum atomic E-state index is 13.8. The molecule has 15 N–H and O–H groups in total. The van der Waals surface area contributed by atoms with E-state index in [2.05, 4.69) is 30.8 Å². The Hall–Kier alpha value is -4.41. The van der Waals surface area contributed by atoms with Crippen LogP contribution < -0.4 is 44.2 Å². The molecule has 0 radical (unpaired) electrons. The van der Waals surface area contributed by atoms with Crippen LogP contribution in [0.25, 0.3) is 0 Å². The van der Waals surface area contributed by atoms with Crippen molar-refractivity contribution in [3.05, 3.63) is 0 Å². The first-order valence-electron chi connectivity index (χ1n) is 17.9. The van der Waals surface area contributed by atoms with Crippen LogP contribution in [0.15, 0.2) is 4.99 Å². The Kier molecular flexibility index (Phi) is 18.4. The van der Waals surface area contributed by atoms with Crippen molar-refractivity contribution < 1.29 is 57.5 Å². The van der Waals surface area contributed by atoms with Crippen LogP contribution in [0.3, 0.4) is 0 Å². The van der Waals surface area contributed by atoms with E-state index in [-0.39, 0.29) is 57.2 Å². The number of hydrogen-bond acceptors (Lipinski definition) is 12. The maximum Gasteiger partial charge on any atom is 0.469 e. The molecule has 0 saturated carbocycles. The summed E-state index contributed by atoms with van der Waals surface area (Å²) >= 11 is 0. The number of hydrogen-bond donors (Lipinski definition) is 11. The molecule has 23 nitrogen and oxygen atoms in total. The smallest absolute Gasteiger partial charge is 0.391 e. The van der Waals surface area contributed by atoms with Crippen LogP contribution in [-0.4, -0.2) is 147 Å². The number of nitrogens with zero attached hydrogens (tertiary/aromatic N) is 3. The Bertz CT molecular complexity index is 1470. The summed E-state index contributed by atoms with van der Waals surface area (Å²) in [4.78, 5) is 116. The summed E-state index contributed by atoms with van der Waals surface area (Å²) in [7, 11) is -5.19. The number of aliphatic imine (C=N–C) groups is 1. The van der Waals surface area contributed by atoms with E-state index in [1.165, 1.54) is 11.8 Å². The quantitative estimate of drug-likeness (QED) is 0.0224. The molecule has 312 valence electrons. The van der Waals surface area contributed by atoms with Crippen molar-refractivity contribution in [2.75, 3.05) is 32.8 Å². The minimum atomic E-state index is -5.19. The second-order valence-electron chi connectivity index (χ2n) is 13.9. The number of amides is 7. The number of guanidine groups is 1. The van der Waals surface area contributed by atoms with Gasteiger partial charge in [-0.1, -0.05) is 13.8 Å². The molecule has 0 unspecified atom stereocenters. The fourth-order valence-corrected chi connectivity index (χ4v) is 6.51. The van der Waals surface area contributed by atoms with Gasteiger partial charge in [0, 0.05) is 19.6 Å². The van der Waals surface area contributed by atoms with Gasteiger partial charge in [0.25, 0.3) is 0 Å². The number of phosphoric acid groups is 1. The molecule has 2 aliphatic heterocycles. The second-order valence-corrected chi connectivity index (χ2v) is 15.1. The van der Waals surface area contributed by atoms with E-state index in [1.54, 1.807) is 13.8 Å². The van der Waals surface area contributed by atoms with Gasteiger partial charge in [-0.25, -0.2) is 4.57 Å². The Morgan fingerprint density at radius 2 is 1.44 bits per heavy atom. The number of carbonyl (C=O) groups is 7. The average Bonchev–Trinajstić information content (AvgIpc) is 3.78. The predicted octanol–water partition coefficient (Wildman–Crippen LogP) is -5.06. The monoisotopic (exact) mass is 805 g/mol. The summed E-state index contributed by atoms with van der Waals surface area (Å²) in [6, 6.07) is -7.86. The van der Waals surface area contributed by atoms with Gasteiger partial charge in [-0.15, -0.1) is 0 Å². The van der Waals surface area contributed by atoms with Crippen molar-refractivity contribution in [3.63, 3.8) is 0 Å². The van der Waals surface area contributed by atoms with E-state index in [0.29, 0.717) is 19.3 Å². The fourth-order valence-electron chi connectivity index (χ4n) is 6.16. The molecule has 0 spiro atoms. The third-order valence-corrected chi connectivity index (χ3v) is 9.31. The highest BCUT2D eigenvalue weighted by Crippen LogP contribution is 2.35. The van der Waals surface area contributed by atoms with E-state index < -0.39 is 105 Å². The molecule has 0 aromatic rings. The molecule has 7 atom stereocenters. The van der Waals surface area contributed by atoms with Gasteiger partial charge in [0.1, 0.15) is 30.2 Å².